The molecule has 1 rings (SSSR count). The number of aliphatic hydroxyl groups is 1. The van der Waals surface area contributed by atoms with E-state index in [0.717, 1.165) is 4.47 Å². The quantitative estimate of drug-likeness (QED) is 0.753. The molecule has 76 valence electrons. The van der Waals surface area contributed by atoms with Crippen molar-refractivity contribution in [2.45, 2.75) is 12.1 Å². The van der Waals surface area contributed by atoms with E-state index in [1.165, 1.54) is 0 Å². The standard InChI is InChI=1S/C9H10BrNO3/c10-6-3-1-5(2-4-6)8(12)7(11)9(13)14/h1-4,7-8,12H,11H2,(H,13,14)/t7-,8+/m0/s1. The molecule has 0 bridgehead atoms. The molecule has 0 aliphatic heterocycles. The molecule has 0 aliphatic carbocycles. The topological polar surface area (TPSA) is 83.6 Å². The van der Waals surface area contributed by atoms with E-state index < -0.39 is 18.1 Å². The van der Waals surface area contributed by atoms with Gasteiger partial charge in [0, 0.05) is 4.47 Å². The first-order chi connectivity index (χ1) is 6.52. The fourth-order valence-electron chi connectivity index (χ4n) is 1.00. The van der Waals surface area contributed by atoms with Crippen molar-refractivity contribution in [3.63, 3.8) is 0 Å². The molecule has 0 saturated carbocycles. The number of carbonyl (C=O) groups is 1. The molecule has 0 radical (unpaired) electrons. The maximum Gasteiger partial charge on any atom is 0.323 e. The van der Waals surface area contributed by atoms with Crippen molar-refractivity contribution in [1.82, 2.24) is 0 Å². The van der Waals surface area contributed by atoms with E-state index in [0.29, 0.717) is 5.56 Å². The van der Waals surface area contributed by atoms with Gasteiger partial charge in [0.2, 0.25) is 0 Å². The molecule has 2 atom stereocenters. The maximum absolute atomic E-state index is 10.5. The summed E-state index contributed by atoms with van der Waals surface area (Å²) in [7, 11) is 0. The molecular weight excluding hydrogens is 250 g/mol. The van der Waals surface area contributed by atoms with Crippen LogP contribution in [-0.4, -0.2) is 22.2 Å². The Morgan fingerprint density at radius 1 is 1.36 bits per heavy atom. The van der Waals surface area contributed by atoms with Gasteiger partial charge in [-0.25, -0.2) is 0 Å². The van der Waals surface area contributed by atoms with E-state index in [1.54, 1.807) is 24.3 Å². The summed E-state index contributed by atoms with van der Waals surface area (Å²) >= 11 is 3.23. The molecule has 0 spiro atoms. The molecule has 0 aromatic heterocycles. The van der Waals surface area contributed by atoms with Crippen molar-refractivity contribution in [2.75, 3.05) is 0 Å². The average molecular weight is 260 g/mol. The molecule has 4 N–H and O–H groups in total. The summed E-state index contributed by atoms with van der Waals surface area (Å²) in [5.41, 5.74) is 5.76. The zero-order valence-corrected chi connectivity index (χ0v) is 8.81. The highest BCUT2D eigenvalue weighted by Crippen LogP contribution is 2.18. The predicted octanol–water partition coefficient (Wildman–Crippen LogP) is 0.894. The first-order valence-corrected chi connectivity index (χ1v) is 4.73. The van der Waals surface area contributed by atoms with Gasteiger partial charge in [-0.15, -0.1) is 0 Å². The molecule has 1 aromatic rings. The second-order valence-corrected chi connectivity index (χ2v) is 3.78. The summed E-state index contributed by atoms with van der Waals surface area (Å²) in [5, 5.41) is 18.1. The van der Waals surface area contributed by atoms with E-state index >= 15 is 0 Å². The summed E-state index contributed by atoms with van der Waals surface area (Å²) in [6, 6.07) is 5.38. The second-order valence-electron chi connectivity index (χ2n) is 2.86. The first-order valence-electron chi connectivity index (χ1n) is 3.94. The molecule has 5 heteroatoms. The molecule has 0 unspecified atom stereocenters. The highest BCUT2D eigenvalue weighted by molar-refractivity contribution is 9.10. The Hall–Kier alpha value is -0.910. The van der Waals surface area contributed by atoms with Gasteiger partial charge in [0.05, 0.1) is 0 Å². The summed E-state index contributed by atoms with van der Waals surface area (Å²) < 4.78 is 0.859. The van der Waals surface area contributed by atoms with Crippen LogP contribution in [0.15, 0.2) is 28.7 Å². The van der Waals surface area contributed by atoms with Gasteiger partial charge in [-0.2, -0.15) is 0 Å². The minimum atomic E-state index is -1.30. The summed E-state index contributed by atoms with van der Waals surface area (Å²) in [6.45, 7) is 0. The minimum Gasteiger partial charge on any atom is -0.480 e. The van der Waals surface area contributed by atoms with Crippen molar-refractivity contribution < 1.29 is 15.0 Å². The predicted molar refractivity (Wildman–Crippen MR) is 54.7 cm³/mol. The molecule has 4 nitrogen and oxygen atoms in total. The van der Waals surface area contributed by atoms with E-state index in [1.807, 2.05) is 0 Å². The van der Waals surface area contributed by atoms with Crippen molar-refractivity contribution in [2.24, 2.45) is 5.73 Å². The van der Waals surface area contributed by atoms with Crippen LogP contribution in [0.1, 0.15) is 11.7 Å². The number of carboxylic acids is 1. The fraction of sp³-hybridized carbons (Fsp3) is 0.222. The Bertz CT molecular complexity index is 325. The Labute approximate surface area is 89.5 Å². The molecule has 0 saturated heterocycles. The van der Waals surface area contributed by atoms with E-state index in [4.69, 9.17) is 10.8 Å². The minimum absolute atomic E-state index is 0.489. The van der Waals surface area contributed by atoms with Crippen molar-refractivity contribution in [3.8, 4) is 0 Å². The number of aliphatic hydroxyl groups excluding tert-OH is 1. The normalized spacial score (nSPS) is 14.8. The molecule has 1 aromatic carbocycles. The second kappa shape index (κ2) is 4.54. The van der Waals surface area contributed by atoms with Crippen molar-refractivity contribution in [1.29, 1.82) is 0 Å². The number of aliphatic carboxylic acids is 1. The third-order valence-electron chi connectivity index (χ3n) is 1.84. The summed E-state index contributed by atoms with van der Waals surface area (Å²) in [5.74, 6) is -1.22. The van der Waals surface area contributed by atoms with Crippen LogP contribution >= 0.6 is 15.9 Å². The monoisotopic (exact) mass is 259 g/mol. The Morgan fingerprint density at radius 2 is 1.86 bits per heavy atom. The molecule has 0 aliphatic rings. The van der Waals surface area contributed by atoms with Gasteiger partial charge in [0.25, 0.3) is 0 Å². The highest BCUT2D eigenvalue weighted by Gasteiger charge is 2.23. The molecule has 0 heterocycles. The largest absolute Gasteiger partial charge is 0.480 e. The zero-order chi connectivity index (χ0) is 10.7. The smallest absolute Gasteiger partial charge is 0.323 e. The lowest BCUT2D eigenvalue weighted by molar-refractivity contribution is -0.141. The number of nitrogens with two attached hydrogens (primary N) is 1. The van der Waals surface area contributed by atoms with Crippen LogP contribution in [0.25, 0.3) is 0 Å². The lowest BCUT2D eigenvalue weighted by atomic mass is 10.0. The van der Waals surface area contributed by atoms with Crippen LogP contribution in [0.3, 0.4) is 0 Å². The number of halogens is 1. The van der Waals surface area contributed by atoms with Gasteiger partial charge in [0.15, 0.2) is 0 Å². The first kappa shape index (κ1) is 11.2. The van der Waals surface area contributed by atoms with Crippen LogP contribution in [0.4, 0.5) is 0 Å². The van der Waals surface area contributed by atoms with Gasteiger partial charge in [0.1, 0.15) is 12.1 Å². The highest BCUT2D eigenvalue weighted by atomic mass is 79.9. The molecule has 0 amide bonds. The molecule has 14 heavy (non-hydrogen) atoms. The summed E-state index contributed by atoms with van der Waals surface area (Å²) in [6.07, 6.45) is -1.18. The van der Waals surface area contributed by atoms with Gasteiger partial charge < -0.3 is 15.9 Å². The van der Waals surface area contributed by atoms with Gasteiger partial charge in [-0.05, 0) is 17.7 Å². The third-order valence-corrected chi connectivity index (χ3v) is 2.37. The summed E-state index contributed by atoms with van der Waals surface area (Å²) in [4.78, 5) is 10.5. The van der Waals surface area contributed by atoms with Gasteiger partial charge in [-0.1, -0.05) is 28.1 Å². The van der Waals surface area contributed by atoms with Crippen LogP contribution in [0.5, 0.6) is 0 Å². The van der Waals surface area contributed by atoms with Crippen molar-refractivity contribution >= 4 is 21.9 Å². The number of benzene rings is 1. The van der Waals surface area contributed by atoms with Crippen LogP contribution in [0, 0.1) is 0 Å². The molecule has 0 fully saturated rings. The third kappa shape index (κ3) is 2.54. The van der Waals surface area contributed by atoms with Crippen LogP contribution in [0.2, 0.25) is 0 Å². The van der Waals surface area contributed by atoms with Gasteiger partial charge >= 0.3 is 5.97 Å². The van der Waals surface area contributed by atoms with Crippen molar-refractivity contribution in [3.05, 3.63) is 34.3 Å². The number of carboxylic acid groups (broad SMARTS) is 1. The number of rotatable bonds is 3. The lowest BCUT2D eigenvalue weighted by Gasteiger charge is -2.14. The Balaban J connectivity index is 2.84. The maximum atomic E-state index is 10.5. The number of hydrogen-bond acceptors (Lipinski definition) is 3. The zero-order valence-electron chi connectivity index (χ0n) is 7.22. The van der Waals surface area contributed by atoms with Crippen LogP contribution < -0.4 is 5.73 Å². The van der Waals surface area contributed by atoms with Crippen LogP contribution in [-0.2, 0) is 4.79 Å². The molecular formula is C9H10BrNO3. The van der Waals surface area contributed by atoms with E-state index in [9.17, 15) is 9.90 Å². The Kier molecular flexibility index (Phi) is 3.62. The van der Waals surface area contributed by atoms with E-state index in [2.05, 4.69) is 15.9 Å². The Morgan fingerprint density at radius 3 is 2.29 bits per heavy atom. The number of hydrogen-bond donors (Lipinski definition) is 3. The fourth-order valence-corrected chi connectivity index (χ4v) is 1.27. The lowest BCUT2D eigenvalue weighted by Crippen LogP contribution is -2.36. The SMILES string of the molecule is N[C@H](C(=O)O)[C@H](O)c1ccc(Br)cc1. The van der Waals surface area contributed by atoms with E-state index in [-0.39, 0.29) is 0 Å². The average Bonchev–Trinajstić information content (AvgIpc) is 2.16. The van der Waals surface area contributed by atoms with Gasteiger partial charge in [-0.3, -0.25) is 4.79 Å².